The van der Waals surface area contributed by atoms with Crippen LogP contribution in [0.25, 0.3) is 0 Å². The Morgan fingerprint density at radius 2 is 2.06 bits per heavy atom. The van der Waals surface area contributed by atoms with Crippen molar-refractivity contribution < 1.29 is 5.11 Å². The molecule has 18 heavy (non-hydrogen) atoms. The summed E-state index contributed by atoms with van der Waals surface area (Å²) in [5, 5.41) is 9.74. The summed E-state index contributed by atoms with van der Waals surface area (Å²) in [6.45, 7) is 9.60. The predicted molar refractivity (Wildman–Crippen MR) is 75.1 cm³/mol. The molecule has 4 atom stereocenters. The van der Waals surface area contributed by atoms with E-state index in [0.717, 1.165) is 5.92 Å². The fourth-order valence-electron chi connectivity index (χ4n) is 5.20. The Labute approximate surface area is 111 Å². The van der Waals surface area contributed by atoms with Gasteiger partial charge in [0.1, 0.15) is 0 Å². The number of fused-ring (bicyclic) bond motifs is 3. The van der Waals surface area contributed by atoms with E-state index in [1.54, 1.807) is 0 Å². The zero-order valence-electron chi connectivity index (χ0n) is 12.2. The highest BCUT2D eigenvalue weighted by Crippen LogP contribution is 2.78. The summed E-state index contributed by atoms with van der Waals surface area (Å²) in [4.78, 5) is 0. The molecule has 1 heteroatoms. The van der Waals surface area contributed by atoms with E-state index in [9.17, 15) is 5.11 Å². The van der Waals surface area contributed by atoms with Crippen LogP contribution in [0.4, 0.5) is 0 Å². The Morgan fingerprint density at radius 1 is 1.33 bits per heavy atom. The van der Waals surface area contributed by atoms with Gasteiger partial charge >= 0.3 is 0 Å². The second kappa shape index (κ2) is 3.50. The first-order chi connectivity index (χ1) is 8.38. The Bertz CT molecular complexity index is 431. The average Bonchev–Trinajstić information content (AvgIpc) is 2.76. The predicted octanol–water partition coefficient (Wildman–Crippen LogP) is 3.94. The third-order valence-corrected chi connectivity index (χ3v) is 6.05. The molecule has 2 saturated carbocycles. The van der Waals surface area contributed by atoms with E-state index in [-0.39, 0.29) is 12.0 Å². The molecule has 1 N–H and O–H groups in total. The SMILES string of the molecule is C/C=C/[C@@]12C[C@]1(C)[C@H]1CC(C)(C)C[C@H]1C=C2CO. The van der Waals surface area contributed by atoms with Crippen LogP contribution in [-0.2, 0) is 0 Å². The Morgan fingerprint density at radius 3 is 2.67 bits per heavy atom. The van der Waals surface area contributed by atoms with Gasteiger partial charge in [0.2, 0.25) is 0 Å². The van der Waals surface area contributed by atoms with Crippen LogP contribution in [0.15, 0.2) is 23.8 Å². The molecular formula is C17H26O. The van der Waals surface area contributed by atoms with Crippen molar-refractivity contribution >= 4 is 0 Å². The van der Waals surface area contributed by atoms with Crippen molar-refractivity contribution in [2.24, 2.45) is 28.1 Å². The second-order valence-electron chi connectivity index (χ2n) is 7.76. The van der Waals surface area contributed by atoms with Gasteiger partial charge in [-0.25, -0.2) is 0 Å². The molecule has 0 heterocycles. The molecule has 3 aliphatic rings. The zero-order chi connectivity index (χ0) is 13.2. The zero-order valence-corrected chi connectivity index (χ0v) is 12.2. The molecule has 0 bridgehead atoms. The molecule has 0 unspecified atom stereocenters. The van der Waals surface area contributed by atoms with Crippen LogP contribution < -0.4 is 0 Å². The van der Waals surface area contributed by atoms with E-state index < -0.39 is 0 Å². The van der Waals surface area contributed by atoms with Crippen LogP contribution >= 0.6 is 0 Å². The molecular weight excluding hydrogens is 220 g/mol. The fourth-order valence-corrected chi connectivity index (χ4v) is 5.20. The number of hydrogen-bond donors (Lipinski definition) is 1. The van der Waals surface area contributed by atoms with Crippen molar-refractivity contribution in [3.05, 3.63) is 23.8 Å². The third kappa shape index (κ3) is 1.37. The monoisotopic (exact) mass is 246 g/mol. The summed E-state index contributed by atoms with van der Waals surface area (Å²) >= 11 is 0. The second-order valence-corrected chi connectivity index (χ2v) is 7.76. The van der Waals surface area contributed by atoms with E-state index in [1.807, 2.05) is 0 Å². The summed E-state index contributed by atoms with van der Waals surface area (Å²) in [5.74, 6) is 1.52. The maximum atomic E-state index is 9.74. The molecule has 1 nitrogen and oxygen atoms in total. The third-order valence-electron chi connectivity index (χ3n) is 6.05. The van der Waals surface area contributed by atoms with Crippen molar-refractivity contribution in [2.45, 2.75) is 47.0 Å². The Balaban J connectivity index is 2.03. The van der Waals surface area contributed by atoms with Gasteiger partial charge in [-0.3, -0.25) is 0 Å². The molecule has 0 amide bonds. The highest BCUT2D eigenvalue weighted by molar-refractivity contribution is 5.43. The van der Waals surface area contributed by atoms with Gasteiger partial charge in [-0.1, -0.05) is 39.0 Å². The molecule has 0 radical (unpaired) electrons. The first-order valence-electron chi connectivity index (χ1n) is 7.34. The van der Waals surface area contributed by atoms with Crippen LogP contribution in [0.1, 0.15) is 47.0 Å². The molecule has 0 aromatic heterocycles. The van der Waals surface area contributed by atoms with Crippen molar-refractivity contribution in [2.75, 3.05) is 6.61 Å². The highest BCUT2D eigenvalue weighted by Gasteiger charge is 2.71. The standard InChI is InChI=1S/C17H26O/c1-5-6-17-11-16(17,4)14-9-15(2,3)8-12(14)7-13(17)10-18/h5-7,12,14,18H,8-11H2,1-4H3/b6-5+/t12-,14+,16-,17+/m1/s1. The van der Waals surface area contributed by atoms with E-state index in [2.05, 4.69) is 45.9 Å². The quantitative estimate of drug-likeness (QED) is 0.732. The molecule has 100 valence electrons. The van der Waals surface area contributed by atoms with Crippen LogP contribution in [0.2, 0.25) is 0 Å². The number of aliphatic hydroxyl groups is 1. The van der Waals surface area contributed by atoms with Gasteiger partial charge in [0.05, 0.1) is 6.61 Å². The van der Waals surface area contributed by atoms with Crippen molar-refractivity contribution in [3.8, 4) is 0 Å². The van der Waals surface area contributed by atoms with Crippen LogP contribution in [0, 0.1) is 28.1 Å². The van der Waals surface area contributed by atoms with E-state index >= 15 is 0 Å². The van der Waals surface area contributed by atoms with Gasteiger partial charge in [0.15, 0.2) is 0 Å². The smallest absolute Gasteiger partial charge is 0.0650 e. The van der Waals surface area contributed by atoms with Crippen molar-refractivity contribution in [1.29, 1.82) is 0 Å². The number of rotatable bonds is 2. The van der Waals surface area contributed by atoms with Crippen LogP contribution in [-0.4, -0.2) is 11.7 Å². The summed E-state index contributed by atoms with van der Waals surface area (Å²) in [5.41, 5.74) is 2.37. The lowest BCUT2D eigenvalue weighted by Gasteiger charge is -2.35. The van der Waals surface area contributed by atoms with Gasteiger partial charge in [0, 0.05) is 5.41 Å². The van der Waals surface area contributed by atoms with Gasteiger partial charge in [0.25, 0.3) is 0 Å². The lowest BCUT2D eigenvalue weighted by molar-refractivity contribution is 0.211. The van der Waals surface area contributed by atoms with Gasteiger partial charge in [-0.05, 0) is 54.4 Å². The van der Waals surface area contributed by atoms with Gasteiger partial charge in [-0.15, -0.1) is 0 Å². The van der Waals surface area contributed by atoms with E-state index in [0.29, 0.717) is 16.7 Å². The maximum Gasteiger partial charge on any atom is 0.0650 e. The van der Waals surface area contributed by atoms with Crippen molar-refractivity contribution in [3.63, 3.8) is 0 Å². The van der Waals surface area contributed by atoms with E-state index in [4.69, 9.17) is 0 Å². The van der Waals surface area contributed by atoms with Crippen molar-refractivity contribution in [1.82, 2.24) is 0 Å². The minimum absolute atomic E-state index is 0.193. The molecule has 0 aromatic carbocycles. The van der Waals surface area contributed by atoms with Crippen LogP contribution in [0.3, 0.4) is 0 Å². The van der Waals surface area contributed by atoms with Gasteiger partial charge in [-0.2, -0.15) is 0 Å². The molecule has 2 fully saturated rings. The molecule has 0 spiro atoms. The summed E-state index contributed by atoms with van der Waals surface area (Å²) in [6.07, 6.45) is 10.8. The normalized spacial score (nSPS) is 48.8. The maximum absolute atomic E-state index is 9.74. The molecule has 3 aliphatic carbocycles. The molecule has 0 saturated heterocycles. The van der Waals surface area contributed by atoms with Gasteiger partial charge < -0.3 is 5.11 Å². The topological polar surface area (TPSA) is 20.2 Å². The minimum atomic E-state index is 0.193. The molecule has 3 rings (SSSR count). The average molecular weight is 246 g/mol. The number of hydrogen-bond acceptors (Lipinski definition) is 1. The summed E-state index contributed by atoms with van der Waals surface area (Å²) in [7, 11) is 0. The summed E-state index contributed by atoms with van der Waals surface area (Å²) in [6, 6.07) is 0. The first-order valence-corrected chi connectivity index (χ1v) is 7.34. The lowest BCUT2D eigenvalue weighted by Crippen LogP contribution is -2.29. The molecule has 0 aromatic rings. The Kier molecular flexibility index (Phi) is 2.43. The largest absolute Gasteiger partial charge is 0.392 e. The lowest BCUT2D eigenvalue weighted by atomic mass is 9.69. The summed E-state index contributed by atoms with van der Waals surface area (Å²) < 4.78 is 0. The Hall–Kier alpha value is -0.560. The fraction of sp³-hybridized carbons (Fsp3) is 0.765. The first kappa shape index (κ1) is 12.5. The highest BCUT2D eigenvalue weighted by atomic mass is 16.3. The minimum Gasteiger partial charge on any atom is -0.392 e. The van der Waals surface area contributed by atoms with Crippen LogP contribution in [0.5, 0.6) is 0 Å². The van der Waals surface area contributed by atoms with E-state index in [1.165, 1.54) is 24.8 Å². The number of aliphatic hydroxyl groups excluding tert-OH is 1. The molecule has 0 aliphatic heterocycles. The number of allylic oxidation sites excluding steroid dienone is 3.